The molecule has 0 aliphatic carbocycles. The highest BCUT2D eigenvalue weighted by molar-refractivity contribution is 5.97. The molecular weight excluding hydrogens is 280 g/mol. The van der Waals surface area contributed by atoms with Crippen LogP contribution in [0.4, 0.5) is 0 Å². The molecule has 7 heteroatoms. The molecular formula is C15H12N6O. The lowest BCUT2D eigenvalue weighted by Crippen LogP contribution is -2.09. The number of rotatable bonds is 4. The van der Waals surface area contributed by atoms with Crippen molar-refractivity contribution >= 4 is 23.0 Å². The zero-order valence-electron chi connectivity index (χ0n) is 11.5. The largest absolute Gasteiger partial charge is 0.353 e. The molecule has 4 aromatic heterocycles. The number of amides is 1. The van der Waals surface area contributed by atoms with E-state index in [1.165, 1.54) is 0 Å². The van der Waals surface area contributed by atoms with Crippen LogP contribution in [0.25, 0.3) is 27.7 Å². The van der Waals surface area contributed by atoms with E-state index < -0.39 is 0 Å². The van der Waals surface area contributed by atoms with Gasteiger partial charge in [0.1, 0.15) is 5.65 Å². The second-order valence-corrected chi connectivity index (χ2v) is 4.87. The predicted octanol–water partition coefficient (Wildman–Crippen LogP) is 1.52. The van der Waals surface area contributed by atoms with Crippen LogP contribution in [-0.4, -0.2) is 31.2 Å². The Morgan fingerprint density at radius 1 is 1.23 bits per heavy atom. The van der Waals surface area contributed by atoms with Crippen molar-refractivity contribution in [2.45, 2.75) is 6.54 Å². The maximum Gasteiger partial charge on any atom is 0.207 e. The number of fused-ring (bicyclic) bond motifs is 2. The van der Waals surface area contributed by atoms with Gasteiger partial charge in [-0.3, -0.25) is 4.79 Å². The lowest BCUT2D eigenvalue weighted by atomic mass is 10.1. The van der Waals surface area contributed by atoms with Gasteiger partial charge in [0, 0.05) is 29.0 Å². The molecule has 7 nitrogen and oxygen atoms in total. The zero-order valence-corrected chi connectivity index (χ0v) is 11.5. The van der Waals surface area contributed by atoms with Gasteiger partial charge in [0.25, 0.3) is 0 Å². The Balaban J connectivity index is 1.90. The zero-order chi connectivity index (χ0) is 14.9. The van der Waals surface area contributed by atoms with Gasteiger partial charge in [0.2, 0.25) is 6.41 Å². The van der Waals surface area contributed by atoms with Gasteiger partial charge in [0.05, 0.1) is 18.3 Å². The molecule has 4 heterocycles. The molecule has 0 radical (unpaired) electrons. The van der Waals surface area contributed by atoms with Crippen LogP contribution in [0.5, 0.6) is 0 Å². The fourth-order valence-electron chi connectivity index (χ4n) is 2.60. The molecule has 0 atom stereocenters. The van der Waals surface area contributed by atoms with Crippen molar-refractivity contribution in [3.63, 3.8) is 0 Å². The van der Waals surface area contributed by atoms with E-state index in [4.69, 9.17) is 0 Å². The Morgan fingerprint density at radius 2 is 2.18 bits per heavy atom. The number of aromatic amines is 1. The van der Waals surface area contributed by atoms with Crippen LogP contribution in [0.3, 0.4) is 0 Å². The number of H-pyrrole nitrogens is 1. The number of nitrogens with zero attached hydrogens (tertiary/aromatic N) is 4. The van der Waals surface area contributed by atoms with Crippen molar-refractivity contribution in [2.24, 2.45) is 0 Å². The minimum Gasteiger partial charge on any atom is -0.353 e. The molecule has 0 unspecified atom stereocenters. The summed E-state index contributed by atoms with van der Waals surface area (Å²) in [6.45, 7) is 0.440. The van der Waals surface area contributed by atoms with Gasteiger partial charge < -0.3 is 10.3 Å². The first-order valence-corrected chi connectivity index (χ1v) is 6.80. The molecule has 0 saturated carbocycles. The summed E-state index contributed by atoms with van der Waals surface area (Å²) in [5.74, 6) is 0. The number of aromatic nitrogens is 5. The summed E-state index contributed by atoms with van der Waals surface area (Å²) in [4.78, 5) is 18.0. The molecule has 0 spiro atoms. The van der Waals surface area contributed by atoms with E-state index in [2.05, 4.69) is 25.5 Å². The molecule has 4 aromatic rings. The Kier molecular flexibility index (Phi) is 2.82. The van der Waals surface area contributed by atoms with E-state index >= 15 is 0 Å². The molecule has 0 bridgehead atoms. The fourth-order valence-corrected chi connectivity index (χ4v) is 2.60. The standard InChI is InChI=1S/C15H12N6O/c22-9-16-7-10-6-12-11(3-5-17-15(12)20-10)13-8-19-21-14(13)2-1-4-18-21/h1-6,8-9H,7H2,(H,16,22)(H,17,20). The predicted molar refractivity (Wildman–Crippen MR) is 81.0 cm³/mol. The average molecular weight is 292 g/mol. The van der Waals surface area contributed by atoms with Gasteiger partial charge in [0.15, 0.2) is 0 Å². The number of hydrogen-bond acceptors (Lipinski definition) is 4. The van der Waals surface area contributed by atoms with Gasteiger partial charge in [-0.2, -0.15) is 14.8 Å². The second-order valence-electron chi connectivity index (χ2n) is 4.87. The normalized spacial score (nSPS) is 11.1. The molecule has 0 aliphatic heterocycles. The van der Waals surface area contributed by atoms with Gasteiger partial charge in [-0.25, -0.2) is 4.98 Å². The number of nitrogens with one attached hydrogen (secondary N) is 2. The number of carbonyl (C=O) groups is 1. The van der Waals surface area contributed by atoms with Crippen LogP contribution < -0.4 is 5.32 Å². The third-order valence-electron chi connectivity index (χ3n) is 3.56. The van der Waals surface area contributed by atoms with Crippen LogP contribution >= 0.6 is 0 Å². The van der Waals surface area contributed by atoms with Gasteiger partial charge in [-0.05, 0) is 29.8 Å². The maximum absolute atomic E-state index is 10.4. The molecule has 0 fully saturated rings. The highest BCUT2D eigenvalue weighted by atomic mass is 16.1. The van der Waals surface area contributed by atoms with E-state index in [1.54, 1.807) is 23.2 Å². The molecule has 22 heavy (non-hydrogen) atoms. The molecule has 108 valence electrons. The van der Waals surface area contributed by atoms with E-state index in [1.807, 2.05) is 24.3 Å². The SMILES string of the molecule is O=CNCc1cc2c(-c3cnn4ncccc34)ccnc2[nH]1. The van der Waals surface area contributed by atoms with Gasteiger partial charge in [-0.15, -0.1) is 0 Å². The lowest BCUT2D eigenvalue weighted by molar-refractivity contribution is -0.109. The third kappa shape index (κ3) is 1.91. The third-order valence-corrected chi connectivity index (χ3v) is 3.56. The number of carbonyl (C=O) groups excluding carboxylic acids is 1. The van der Waals surface area contributed by atoms with Gasteiger partial charge >= 0.3 is 0 Å². The van der Waals surface area contributed by atoms with Crippen molar-refractivity contribution in [2.75, 3.05) is 0 Å². The summed E-state index contributed by atoms with van der Waals surface area (Å²) < 4.78 is 1.60. The van der Waals surface area contributed by atoms with Crippen molar-refractivity contribution in [1.29, 1.82) is 0 Å². The van der Waals surface area contributed by atoms with Crippen LogP contribution in [0.2, 0.25) is 0 Å². The van der Waals surface area contributed by atoms with Crippen LogP contribution in [0, 0.1) is 0 Å². The van der Waals surface area contributed by atoms with Gasteiger partial charge in [-0.1, -0.05) is 0 Å². The van der Waals surface area contributed by atoms with Crippen molar-refractivity contribution in [3.8, 4) is 11.1 Å². The number of hydrogen-bond donors (Lipinski definition) is 2. The Morgan fingerprint density at radius 3 is 3.09 bits per heavy atom. The molecule has 0 aromatic carbocycles. The van der Waals surface area contributed by atoms with Crippen LogP contribution in [0.1, 0.15) is 5.69 Å². The molecule has 4 rings (SSSR count). The molecule has 1 amide bonds. The van der Waals surface area contributed by atoms with Crippen molar-refractivity contribution < 1.29 is 4.79 Å². The fraction of sp³-hybridized carbons (Fsp3) is 0.0667. The highest BCUT2D eigenvalue weighted by Gasteiger charge is 2.12. The lowest BCUT2D eigenvalue weighted by Gasteiger charge is -2.00. The number of pyridine rings is 1. The van der Waals surface area contributed by atoms with E-state index in [0.29, 0.717) is 13.0 Å². The summed E-state index contributed by atoms with van der Waals surface area (Å²) in [5, 5.41) is 12.1. The monoisotopic (exact) mass is 292 g/mol. The summed E-state index contributed by atoms with van der Waals surface area (Å²) in [5.41, 5.74) is 4.64. The second kappa shape index (κ2) is 4.96. The topological polar surface area (TPSA) is 88.0 Å². The van der Waals surface area contributed by atoms with Crippen LogP contribution in [-0.2, 0) is 11.3 Å². The highest BCUT2D eigenvalue weighted by Crippen LogP contribution is 2.30. The Labute approximate surface area is 125 Å². The minimum atomic E-state index is 0.440. The molecule has 0 aliphatic rings. The minimum absolute atomic E-state index is 0.440. The van der Waals surface area contributed by atoms with E-state index in [0.717, 1.165) is 33.4 Å². The summed E-state index contributed by atoms with van der Waals surface area (Å²) in [7, 11) is 0. The van der Waals surface area contributed by atoms with E-state index in [-0.39, 0.29) is 0 Å². The first kappa shape index (κ1) is 12.5. The van der Waals surface area contributed by atoms with Crippen LogP contribution in [0.15, 0.2) is 42.9 Å². The van der Waals surface area contributed by atoms with E-state index in [9.17, 15) is 4.79 Å². The quantitative estimate of drug-likeness (QED) is 0.558. The Hall–Kier alpha value is -3.22. The smallest absolute Gasteiger partial charge is 0.207 e. The average Bonchev–Trinajstić information content (AvgIpc) is 3.16. The summed E-state index contributed by atoms with van der Waals surface area (Å²) in [6.07, 6.45) is 5.93. The van der Waals surface area contributed by atoms with Crippen molar-refractivity contribution in [3.05, 3.63) is 48.5 Å². The maximum atomic E-state index is 10.4. The molecule has 2 N–H and O–H groups in total. The molecule has 0 saturated heterocycles. The Bertz CT molecular complexity index is 970. The summed E-state index contributed by atoms with van der Waals surface area (Å²) in [6, 6.07) is 7.81. The van der Waals surface area contributed by atoms with Crippen molar-refractivity contribution in [1.82, 2.24) is 30.1 Å². The first-order chi connectivity index (χ1) is 10.9. The summed E-state index contributed by atoms with van der Waals surface area (Å²) >= 11 is 0. The first-order valence-electron chi connectivity index (χ1n) is 6.80.